The van der Waals surface area contributed by atoms with Gasteiger partial charge in [0.1, 0.15) is 6.23 Å². The van der Waals surface area contributed by atoms with Crippen molar-refractivity contribution in [3.05, 3.63) is 12.2 Å². The smallest absolute Gasteiger partial charge is 0.116 e. The van der Waals surface area contributed by atoms with Gasteiger partial charge in [0.2, 0.25) is 0 Å². The molecule has 0 aromatic carbocycles. The molecule has 1 N–H and O–H groups in total. The Morgan fingerprint density at radius 3 is 2.59 bits per heavy atom. The summed E-state index contributed by atoms with van der Waals surface area (Å²) >= 11 is 0. The summed E-state index contributed by atoms with van der Waals surface area (Å²) < 4.78 is 13.6. The van der Waals surface area contributed by atoms with Crippen molar-refractivity contribution in [2.24, 2.45) is 85.8 Å². The molecule has 0 aromatic heterocycles. The molecule has 5 heteroatoms. The molecule has 49 heavy (non-hydrogen) atoms. The topological polar surface area (TPSA) is 45.2 Å². The summed E-state index contributed by atoms with van der Waals surface area (Å²) in [5, 5.41) is 11.9. The van der Waals surface area contributed by atoms with E-state index in [-0.39, 0.29) is 11.5 Å². The van der Waals surface area contributed by atoms with Gasteiger partial charge >= 0.3 is 0 Å². The van der Waals surface area contributed by atoms with Gasteiger partial charge in [-0.25, -0.2) is 0 Å². The van der Waals surface area contributed by atoms with Crippen molar-refractivity contribution in [1.29, 1.82) is 0 Å². The molecule has 268 valence electrons. The molecule has 12 aliphatic carbocycles. The van der Waals surface area contributed by atoms with Gasteiger partial charge in [-0.05, 0) is 164 Å². The monoisotopic (exact) mass is 668 g/mol. The predicted octanol–water partition coefficient (Wildman–Crippen LogP) is 7.14. The van der Waals surface area contributed by atoms with Crippen molar-refractivity contribution in [2.75, 3.05) is 39.5 Å². The molecule has 0 aromatic rings. The lowest BCUT2D eigenvalue weighted by atomic mass is 9.39. The number of hydrogen-bond donors (Lipinski definition) is 1. The number of hydrogen-bond acceptors (Lipinski definition) is 5. The minimum atomic E-state index is -0.247. The minimum absolute atomic E-state index is 0.126. The third-order valence-corrected chi connectivity index (χ3v) is 21.8. The molecule has 3 aliphatic heterocycles. The van der Waals surface area contributed by atoms with Gasteiger partial charge in [0.15, 0.2) is 0 Å². The normalized spacial score (nSPS) is 65.6. The summed E-state index contributed by atoms with van der Waals surface area (Å²) in [6.07, 6.45) is 21.5. The van der Waals surface area contributed by atoms with Crippen molar-refractivity contribution in [3.8, 4) is 0 Å². The molecule has 15 rings (SSSR count). The molecule has 19 atom stereocenters. The maximum absolute atomic E-state index is 11.9. The highest BCUT2D eigenvalue weighted by Crippen LogP contribution is 2.86. The molecule has 15 aliphatic rings. The number of rotatable bonds is 5. The van der Waals surface area contributed by atoms with Crippen molar-refractivity contribution < 1.29 is 14.6 Å². The average molecular weight is 669 g/mol. The summed E-state index contributed by atoms with van der Waals surface area (Å²) in [4.78, 5) is 5.97. The van der Waals surface area contributed by atoms with Crippen molar-refractivity contribution in [1.82, 2.24) is 9.80 Å². The minimum Gasteiger partial charge on any atom is -0.388 e. The average Bonchev–Trinajstić information content (AvgIpc) is 3.87. The first-order chi connectivity index (χ1) is 23.7. The van der Waals surface area contributed by atoms with E-state index in [4.69, 9.17) is 9.47 Å². The molecule has 5 nitrogen and oxygen atoms in total. The van der Waals surface area contributed by atoms with Gasteiger partial charge in [-0.15, -0.1) is 0 Å². The number of aliphatic hydroxyl groups is 1. The van der Waals surface area contributed by atoms with E-state index in [0.717, 1.165) is 73.8 Å². The molecule has 14 bridgehead atoms. The highest BCUT2D eigenvalue weighted by Gasteiger charge is 2.84. The number of likely N-dealkylation sites (tertiary alicyclic amines) is 1. The maximum atomic E-state index is 11.9. The maximum Gasteiger partial charge on any atom is 0.116 e. The fraction of sp³-hybridized carbons (Fsp3) is 0.955. The van der Waals surface area contributed by atoms with Crippen LogP contribution in [0.3, 0.4) is 0 Å². The van der Waals surface area contributed by atoms with Crippen LogP contribution < -0.4 is 0 Å². The fourth-order valence-electron chi connectivity index (χ4n) is 21.2. The van der Waals surface area contributed by atoms with E-state index in [1.807, 2.05) is 0 Å². The summed E-state index contributed by atoms with van der Waals surface area (Å²) in [6, 6.07) is 1.50. The quantitative estimate of drug-likeness (QED) is 0.250. The molecule has 0 radical (unpaired) electrons. The molecule has 12 saturated carbocycles. The van der Waals surface area contributed by atoms with Crippen LogP contribution in [0.25, 0.3) is 0 Å². The van der Waals surface area contributed by atoms with Gasteiger partial charge in [-0.2, -0.15) is 0 Å². The molecular formula is C44H64N2O3. The van der Waals surface area contributed by atoms with Crippen LogP contribution in [0.1, 0.15) is 110 Å². The highest BCUT2D eigenvalue weighted by atomic mass is 16.5. The summed E-state index contributed by atoms with van der Waals surface area (Å²) in [6.45, 7) is 16.3. The standard InChI is InChI=1S/C44H64N2O3/c1-25-26-7-13-42(37(25)47)30-21-31-39(2)8-4-10-43(31,34(42)18-26)35(30)45(24-39)14-16-48-23-28-22-41-12-6-27(28)19-33(41)44-11-5-9-40(3)32(44)20-29(41)36(44)46-15-17-49-38(40)46/h26-38,47H,1,4-24H2,2-3H3/t26-,27-,28+,29-,30-,31+,32+,33+,34+,35+,36+,37+,38-,39+,40+,41+,42-,43+,44+/m0/s1. The van der Waals surface area contributed by atoms with Crippen molar-refractivity contribution >= 4 is 0 Å². The second-order valence-corrected chi connectivity index (χ2v) is 22.2. The van der Waals surface area contributed by atoms with Crippen LogP contribution in [0.4, 0.5) is 0 Å². The predicted molar refractivity (Wildman–Crippen MR) is 188 cm³/mol. The lowest BCUT2D eigenvalue weighted by molar-refractivity contribution is -0.230. The van der Waals surface area contributed by atoms with Crippen LogP contribution in [-0.2, 0) is 9.47 Å². The second kappa shape index (κ2) is 9.07. The molecule has 3 saturated heterocycles. The van der Waals surface area contributed by atoms with Crippen LogP contribution in [0, 0.1) is 85.8 Å². The Kier molecular flexibility index (Phi) is 5.54. The van der Waals surface area contributed by atoms with Gasteiger partial charge in [-0.3, -0.25) is 9.80 Å². The SMILES string of the molecule is C=C1[C@H]2CC[C@]3([C@@H](C2)[C@]24CCC[C@]5(C)CN(CCOC[C@H]6C[C@@]78CC[C@H]6C[C@H]7[C@]67CCC[C@@]9(C)[C@@H]%10OCCN%10[C@@H]6[C@@H]8C[C@H]97)[C@@H]2[C@@H]3C[C@H]54)[C@@H]1O. The second-order valence-electron chi connectivity index (χ2n) is 22.2. The van der Waals surface area contributed by atoms with E-state index in [9.17, 15) is 5.11 Å². The number of aliphatic hydroxyl groups excluding tert-OH is 1. The number of piperidine rings is 2. The Morgan fingerprint density at radius 2 is 1.69 bits per heavy atom. The Labute approximate surface area is 295 Å². The lowest BCUT2D eigenvalue weighted by Gasteiger charge is -2.67. The fourth-order valence-corrected chi connectivity index (χ4v) is 21.2. The Bertz CT molecular complexity index is 1520. The Balaban J connectivity index is 0.746. The van der Waals surface area contributed by atoms with E-state index in [0.29, 0.717) is 51.2 Å². The molecule has 0 unspecified atom stereocenters. The number of nitrogens with zero attached hydrogens (tertiary/aromatic N) is 2. The third-order valence-electron chi connectivity index (χ3n) is 21.8. The van der Waals surface area contributed by atoms with Crippen molar-refractivity contribution in [2.45, 2.75) is 135 Å². The van der Waals surface area contributed by atoms with Crippen LogP contribution in [-0.4, -0.2) is 78.8 Å². The third kappa shape index (κ3) is 2.96. The van der Waals surface area contributed by atoms with Gasteiger partial charge in [0.05, 0.1) is 19.3 Å². The Hall–Kier alpha value is -0.460. The van der Waals surface area contributed by atoms with E-state index < -0.39 is 0 Å². The zero-order valence-electron chi connectivity index (χ0n) is 30.7. The molecule has 15 fully saturated rings. The van der Waals surface area contributed by atoms with Gasteiger partial charge in [-0.1, -0.05) is 33.3 Å². The molecule has 3 heterocycles. The van der Waals surface area contributed by atoms with Crippen LogP contribution in [0.15, 0.2) is 12.2 Å². The van der Waals surface area contributed by atoms with Crippen LogP contribution in [0.5, 0.6) is 0 Å². The van der Waals surface area contributed by atoms with Crippen molar-refractivity contribution in [3.63, 3.8) is 0 Å². The van der Waals surface area contributed by atoms with Crippen LogP contribution >= 0.6 is 0 Å². The highest BCUT2D eigenvalue weighted by molar-refractivity contribution is 5.37. The van der Waals surface area contributed by atoms with E-state index in [1.54, 1.807) is 0 Å². The summed E-state index contributed by atoms with van der Waals surface area (Å²) in [5.74, 6) is 7.34. The first kappa shape index (κ1) is 29.9. The van der Waals surface area contributed by atoms with E-state index in [2.05, 4.69) is 30.2 Å². The summed E-state index contributed by atoms with van der Waals surface area (Å²) in [5.41, 5.74) is 3.82. The van der Waals surface area contributed by atoms with E-state index >= 15 is 0 Å². The summed E-state index contributed by atoms with van der Waals surface area (Å²) in [7, 11) is 0. The molecular weight excluding hydrogens is 604 g/mol. The first-order valence-corrected chi connectivity index (χ1v) is 21.8. The van der Waals surface area contributed by atoms with Gasteiger partial charge < -0.3 is 14.6 Å². The Morgan fingerprint density at radius 1 is 0.857 bits per heavy atom. The number of ether oxygens (including phenoxy) is 2. The van der Waals surface area contributed by atoms with Gasteiger partial charge in [0.25, 0.3) is 0 Å². The molecule has 0 amide bonds. The largest absolute Gasteiger partial charge is 0.388 e. The first-order valence-electron chi connectivity index (χ1n) is 21.8. The van der Waals surface area contributed by atoms with Crippen LogP contribution in [0.2, 0.25) is 0 Å². The van der Waals surface area contributed by atoms with Gasteiger partial charge in [0, 0.05) is 49.2 Å². The molecule has 4 spiro atoms. The zero-order chi connectivity index (χ0) is 32.5. The number of fused-ring (bicyclic) bond motifs is 6. The van der Waals surface area contributed by atoms with E-state index in [1.165, 1.54) is 115 Å². The zero-order valence-corrected chi connectivity index (χ0v) is 30.7. The lowest BCUT2D eigenvalue weighted by Crippen LogP contribution is -2.67.